The molecule has 2 aromatic rings. The van der Waals surface area contributed by atoms with E-state index in [1.54, 1.807) is 6.07 Å². The van der Waals surface area contributed by atoms with Gasteiger partial charge >= 0.3 is 0 Å². The minimum atomic E-state index is -1.42. The van der Waals surface area contributed by atoms with Gasteiger partial charge in [0, 0.05) is 6.42 Å². The summed E-state index contributed by atoms with van der Waals surface area (Å²) in [4.78, 5) is 0. The van der Waals surface area contributed by atoms with Crippen molar-refractivity contribution >= 4 is 5.69 Å². The van der Waals surface area contributed by atoms with E-state index >= 15 is 0 Å². The van der Waals surface area contributed by atoms with Crippen LogP contribution in [0.25, 0.3) is 0 Å². The summed E-state index contributed by atoms with van der Waals surface area (Å²) >= 11 is 0. The minimum Gasteiger partial charge on any atom is -0.494 e. The summed E-state index contributed by atoms with van der Waals surface area (Å²) in [7, 11) is 0. The van der Waals surface area contributed by atoms with Gasteiger partial charge in [-0.3, -0.25) is 0 Å². The van der Waals surface area contributed by atoms with Crippen molar-refractivity contribution in [2.24, 2.45) is 0 Å². The molecule has 1 aliphatic carbocycles. The quantitative estimate of drug-likeness (QED) is 0.423. The van der Waals surface area contributed by atoms with Crippen LogP contribution in [0.4, 0.5) is 5.69 Å². The first-order chi connectivity index (χ1) is 16.9. The van der Waals surface area contributed by atoms with Crippen molar-refractivity contribution in [1.29, 1.82) is 0 Å². The largest absolute Gasteiger partial charge is 0.494 e. The maximum absolute atomic E-state index is 10.6. The SMILES string of the molecule is CCOc1ccc([C@@H]2O[C@H](CO)[C@@H](O)[C@H](O)[C@H]2O)cc1Cc1ccc2c(c1)NCC1(CCCC1)O2. The lowest BCUT2D eigenvalue weighted by Gasteiger charge is -2.40. The fourth-order valence-electron chi connectivity index (χ4n) is 5.55. The molecule has 2 heterocycles. The number of benzene rings is 2. The van der Waals surface area contributed by atoms with Crippen molar-refractivity contribution in [3.8, 4) is 11.5 Å². The molecular formula is C27H35NO7. The van der Waals surface area contributed by atoms with Crippen LogP contribution in [0.1, 0.15) is 55.4 Å². The lowest BCUT2D eigenvalue weighted by atomic mass is 9.90. The van der Waals surface area contributed by atoms with Crippen molar-refractivity contribution < 1.29 is 34.6 Å². The highest BCUT2D eigenvalue weighted by Gasteiger charge is 2.44. The number of fused-ring (bicyclic) bond motifs is 1. The molecule has 1 saturated heterocycles. The molecule has 2 fully saturated rings. The molecule has 2 aromatic carbocycles. The highest BCUT2D eigenvalue weighted by Crippen LogP contribution is 2.42. The summed E-state index contributed by atoms with van der Waals surface area (Å²) in [5.41, 5.74) is 3.54. The zero-order valence-electron chi connectivity index (χ0n) is 20.0. The second kappa shape index (κ2) is 9.95. The summed E-state index contributed by atoms with van der Waals surface area (Å²) < 4.78 is 18.0. The lowest BCUT2D eigenvalue weighted by Crippen LogP contribution is -2.55. The van der Waals surface area contributed by atoms with E-state index in [1.165, 1.54) is 12.8 Å². The van der Waals surface area contributed by atoms with Gasteiger partial charge in [0.1, 0.15) is 47.6 Å². The minimum absolute atomic E-state index is 0.0730. The Hall–Kier alpha value is -2.36. The van der Waals surface area contributed by atoms with Gasteiger partial charge in [-0.15, -0.1) is 0 Å². The van der Waals surface area contributed by atoms with Gasteiger partial charge in [-0.1, -0.05) is 12.1 Å². The van der Waals surface area contributed by atoms with Crippen molar-refractivity contribution in [2.45, 2.75) is 75.1 Å². The van der Waals surface area contributed by atoms with E-state index in [4.69, 9.17) is 14.2 Å². The zero-order valence-corrected chi connectivity index (χ0v) is 20.0. The smallest absolute Gasteiger partial charge is 0.143 e. The molecule has 0 aromatic heterocycles. The van der Waals surface area contributed by atoms with E-state index in [9.17, 15) is 20.4 Å². The molecular weight excluding hydrogens is 450 g/mol. The molecule has 190 valence electrons. The molecule has 35 heavy (non-hydrogen) atoms. The van der Waals surface area contributed by atoms with E-state index in [0.717, 1.165) is 47.7 Å². The van der Waals surface area contributed by atoms with Gasteiger partial charge in [0.25, 0.3) is 0 Å². The Morgan fingerprint density at radius 3 is 2.57 bits per heavy atom. The number of anilines is 1. The van der Waals surface area contributed by atoms with Crippen LogP contribution in [-0.4, -0.2) is 70.2 Å². The van der Waals surface area contributed by atoms with Crippen LogP contribution in [0, 0.1) is 0 Å². The molecule has 8 nitrogen and oxygen atoms in total. The fraction of sp³-hybridized carbons (Fsp3) is 0.556. The Balaban J connectivity index is 1.40. The third-order valence-corrected chi connectivity index (χ3v) is 7.49. The molecule has 0 unspecified atom stereocenters. The summed E-state index contributed by atoms with van der Waals surface area (Å²) in [5, 5.41) is 44.0. The highest BCUT2D eigenvalue weighted by atomic mass is 16.5. The van der Waals surface area contributed by atoms with Gasteiger partial charge in [0.05, 0.1) is 25.4 Å². The van der Waals surface area contributed by atoms with E-state index in [0.29, 0.717) is 18.6 Å². The third kappa shape index (κ3) is 4.73. The number of nitrogens with one attached hydrogen (secondary N) is 1. The predicted octanol–water partition coefficient (Wildman–Crippen LogP) is 2.31. The predicted molar refractivity (Wildman–Crippen MR) is 130 cm³/mol. The molecule has 5 rings (SSSR count). The standard InChI is InChI=1S/C27H35NO7/c1-2-33-20-8-6-17(26-25(32)24(31)23(30)22(14-29)34-26)13-18(20)11-16-5-7-21-19(12-16)28-15-27(35-21)9-3-4-10-27/h5-8,12-13,22-26,28-32H,2-4,9-11,14-15H2,1H3/t22-,23-,24+,25-,26+/m1/s1. The maximum atomic E-state index is 10.6. The molecule has 5 N–H and O–H groups in total. The fourth-order valence-corrected chi connectivity index (χ4v) is 5.55. The van der Waals surface area contributed by atoms with E-state index < -0.39 is 37.1 Å². The number of hydrogen-bond acceptors (Lipinski definition) is 8. The van der Waals surface area contributed by atoms with Crippen LogP contribution in [0.3, 0.4) is 0 Å². The van der Waals surface area contributed by atoms with E-state index in [2.05, 4.69) is 17.4 Å². The summed E-state index contributed by atoms with van der Waals surface area (Å²) in [6, 6.07) is 11.7. The molecule has 1 spiro atoms. The number of rotatable bonds is 6. The second-order valence-corrected chi connectivity index (χ2v) is 9.90. The summed E-state index contributed by atoms with van der Waals surface area (Å²) in [5.74, 6) is 1.62. The van der Waals surface area contributed by atoms with Crippen LogP contribution < -0.4 is 14.8 Å². The first kappa shape index (κ1) is 24.3. The second-order valence-electron chi connectivity index (χ2n) is 9.90. The van der Waals surface area contributed by atoms with Crippen LogP contribution in [-0.2, 0) is 11.2 Å². The van der Waals surface area contributed by atoms with Crippen LogP contribution in [0.5, 0.6) is 11.5 Å². The van der Waals surface area contributed by atoms with Gasteiger partial charge in [-0.25, -0.2) is 0 Å². The number of ether oxygens (including phenoxy) is 3. The molecule has 3 aliphatic rings. The Labute approximate surface area is 205 Å². The third-order valence-electron chi connectivity index (χ3n) is 7.49. The molecule has 2 aliphatic heterocycles. The zero-order chi connectivity index (χ0) is 24.6. The first-order valence-corrected chi connectivity index (χ1v) is 12.5. The van der Waals surface area contributed by atoms with Crippen LogP contribution >= 0.6 is 0 Å². The number of aliphatic hydroxyl groups excluding tert-OH is 4. The average molecular weight is 486 g/mol. The van der Waals surface area contributed by atoms with Crippen molar-refractivity contribution in [1.82, 2.24) is 0 Å². The Bertz CT molecular complexity index is 1040. The molecule has 8 heteroatoms. The Morgan fingerprint density at radius 1 is 1.03 bits per heavy atom. The molecule has 5 atom stereocenters. The van der Waals surface area contributed by atoms with Gasteiger partial charge in [0.15, 0.2) is 0 Å². The highest BCUT2D eigenvalue weighted by molar-refractivity contribution is 5.61. The van der Waals surface area contributed by atoms with Crippen LogP contribution in [0.15, 0.2) is 36.4 Å². The Kier molecular flexibility index (Phi) is 6.92. The normalized spacial score (nSPS) is 29.3. The summed E-state index contributed by atoms with van der Waals surface area (Å²) in [6.45, 7) is 2.79. The molecule has 0 radical (unpaired) electrons. The first-order valence-electron chi connectivity index (χ1n) is 12.5. The summed E-state index contributed by atoms with van der Waals surface area (Å²) in [6.07, 6.45) is -0.803. The van der Waals surface area contributed by atoms with Gasteiger partial charge in [0.2, 0.25) is 0 Å². The van der Waals surface area contributed by atoms with Gasteiger partial charge in [-0.2, -0.15) is 0 Å². The van der Waals surface area contributed by atoms with Crippen molar-refractivity contribution in [2.75, 3.05) is 25.1 Å². The molecule has 0 bridgehead atoms. The molecule has 0 amide bonds. The average Bonchev–Trinajstić information content (AvgIpc) is 3.32. The van der Waals surface area contributed by atoms with Crippen LogP contribution in [0.2, 0.25) is 0 Å². The van der Waals surface area contributed by atoms with Gasteiger partial charge in [-0.05, 0) is 73.6 Å². The maximum Gasteiger partial charge on any atom is 0.143 e. The Morgan fingerprint density at radius 2 is 1.83 bits per heavy atom. The van der Waals surface area contributed by atoms with Gasteiger partial charge < -0.3 is 40.0 Å². The number of hydrogen-bond donors (Lipinski definition) is 5. The van der Waals surface area contributed by atoms with Crippen molar-refractivity contribution in [3.05, 3.63) is 53.1 Å². The number of aliphatic hydroxyl groups is 4. The monoisotopic (exact) mass is 485 g/mol. The lowest BCUT2D eigenvalue weighted by molar-refractivity contribution is -0.231. The van der Waals surface area contributed by atoms with Crippen molar-refractivity contribution in [3.63, 3.8) is 0 Å². The topological polar surface area (TPSA) is 121 Å². The molecule has 1 saturated carbocycles. The van der Waals surface area contributed by atoms with E-state index in [-0.39, 0.29) is 5.60 Å². The van der Waals surface area contributed by atoms with E-state index in [1.807, 2.05) is 25.1 Å².